The van der Waals surface area contributed by atoms with Gasteiger partial charge in [0.15, 0.2) is 11.0 Å². The number of benzene rings is 2. The minimum Gasteiger partial charge on any atom is -0.485 e. The summed E-state index contributed by atoms with van der Waals surface area (Å²) in [5, 5.41) is 21.7. The van der Waals surface area contributed by atoms with E-state index in [1.807, 2.05) is 73.0 Å². The lowest BCUT2D eigenvalue weighted by Crippen LogP contribution is -2.51. The van der Waals surface area contributed by atoms with Crippen LogP contribution >= 0.6 is 11.8 Å². The molecule has 1 aromatic heterocycles. The smallest absolute Gasteiger partial charge is 0.234 e. The van der Waals surface area contributed by atoms with Crippen molar-refractivity contribution >= 4 is 17.7 Å². The van der Waals surface area contributed by atoms with Crippen LogP contribution in [-0.4, -0.2) is 31.5 Å². The third-order valence-corrected chi connectivity index (χ3v) is 7.14. The molecule has 1 N–H and O–H groups in total. The monoisotopic (exact) mass is 475 g/mol. The van der Waals surface area contributed by atoms with Gasteiger partial charge in [0, 0.05) is 5.69 Å². The number of carbonyl (C=O) groups is 1. The number of aryl methyl sites for hydroxylation is 1. The summed E-state index contributed by atoms with van der Waals surface area (Å²) in [5.41, 5.74) is 1.18. The molecular formula is C26H29N5O2S. The zero-order valence-electron chi connectivity index (χ0n) is 19.5. The molecule has 1 fully saturated rings. The van der Waals surface area contributed by atoms with Crippen LogP contribution in [0, 0.1) is 18.3 Å². The maximum Gasteiger partial charge on any atom is 0.234 e. The summed E-state index contributed by atoms with van der Waals surface area (Å²) >= 11 is 1.33. The highest BCUT2D eigenvalue weighted by atomic mass is 32.2. The van der Waals surface area contributed by atoms with Crippen LogP contribution in [0.1, 0.15) is 50.4 Å². The van der Waals surface area contributed by atoms with Gasteiger partial charge in [-0.1, -0.05) is 67.4 Å². The molecule has 1 saturated carbocycles. The second-order valence-electron chi connectivity index (χ2n) is 8.63. The number of nitrogens with zero attached hydrogens (tertiary/aromatic N) is 4. The van der Waals surface area contributed by atoms with Crippen molar-refractivity contribution in [2.24, 2.45) is 0 Å². The molecule has 8 heteroatoms. The van der Waals surface area contributed by atoms with Gasteiger partial charge in [0.25, 0.3) is 0 Å². The number of nitriles is 1. The van der Waals surface area contributed by atoms with Gasteiger partial charge in [-0.25, -0.2) is 0 Å². The molecule has 1 amide bonds. The number of aromatic nitrogens is 3. The van der Waals surface area contributed by atoms with Gasteiger partial charge in [0.2, 0.25) is 5.91 Å². The topological polar surface area (TPSA) is 92.8 Å². The number of carbonyl (C=O) groups excluding carboxylic acids is 1. The van der Waals surface area contributed by atoms with E-state index in [0.717, 1.165) is 36.3 Å². The third kappa shape index (κ3) is 5.42. The lowest BCUT2D eigenvalue weighted by Gasteiger charge is -2.32. The van der Waals surface area contributed by atoms with Gasteiger partial charge >= 0.3 is 0 Å². The van der Waals surface area contributed by atoms with Crippen LogP contribution in [0.15, 0.2) is 59.8 Å². The van der Waals surface area contributed by atoms with Crippen LogP contribution in [0.4, 0.5) is 0 Å². The standard InChI is InChI=1S/C26H29N5O2S/c1-19-11-7-8-14-22(19)33-17-23-29-30-25(31(23)21-12-5-3-6-13-21)34-20(2)24(32)28-26(18-27)15-9-4-10-16-26/h3,5-8,11-14,20H,4,9-10,15-17H2,1-2H3,(H,28,32). The van der Waals surface area contributed by atoms with Crippen molar-refractivity contribution in [1.82, 2.24) is 20.1 Å². The van der Waals surface area contributed by atoms with E-state index in [4.69, 9.17) is 4.74 Å². The van der Waals surface area contributed by atoms with Gasteiger partial charge in [-0.15, -0.1) is 10.2 Å². The van der Waals surface area contributed by atoms with E-state index in [2.05, 4.69) is 21.6 Å². The molecule has 1 unspecified atom stereocenters. The molecule has 0 saturated heterocycles. The Morgan fingerprint density at radius 3 is 2.56 bits per heavy atom. The number of hydrogen-bond donors (Lipinski definition) is 1. The van der Waals surface area contributed by atoms with Crippen LogP contribution in [0.5, 0.6) is 5.75 Å². The normalized spacial score (nSPS) is 15.8. The van der Waals surface area contributed by atoms with E-state index in [9.17, 15) is 10.1 Å². The van der Waals surface area contributed by atoms with Crippen LogP contribution in [0.25, 0.3) is 5.69 Å². The van der Waals surface area contributed by atoms with Gasteiger partial charge < -0.3 is 10.1 Å². The Labute approximate surface area is 204 Å². The molecule has 7 nitrogen and oxygen atoms in total. The average molecular weight is 476 g/mol. The van der Waals surface area contributed by atoms with Crippen molar-refractivity contribution in [3.8, 4) is 17.5 Å². The largest absolute Gasteiger partial charge is 0.485 e. The Morgan fingerprint density at radius 2 is 1.85 bits per heavy atom. The molecule has 1 aliphatic carbocycles. The number of amides is 1. The first-order valence-corrected chi connectivity index (χ1v) is 12.5. The van der Waals surface area contributed by atoms with Crippen LogP contribution in [0.3, 0.4) is 0 Å². The molecule has 2 aromatic carbocycles. The van der Waals surface area contributed by atoms with Gasteiger partial charge in [0.1, 0.15) is 17.9 Å². The quantitative estimate of drug-likeness (QED) is 0.462. The van der Waals surface area contributed by atoms with Crippen molar-refractivity contribution < 1.29 is 9.53 Å². The molecule has 1 atom stereocenters. The summed E-state index contributed by atoms with van der Waals surface area (Å²) in [5.74, 6) is 1.28. The maximum atomic E-state index is 13.0. The van der Waals surface area contributed by atoms with E-state index in [-0.39, 0.29) is 12.5 Å². The number of nitrogens with one attached hydrogen (secondary N) is 1. The second kappa shape index (κ2) is 10.7. The molecule has 1 heterocycles. The molecule has 0 aliphatic heterocycles. The Hall–Kier alpha value is -3.31. The van der Waals surface area contributed by atoms with Crippen molar-refractivity contribution in [1.29, 1.82) is 5.26 Å². The minimum absolute atomic E-state index is 0.159. The average Bonchev–Trinajstić information content (AvgIpc) is 3.26. The van der Waals surface area contributed by atoms with Crippen LogP contribution in [0.2, 0.25) is 0 Å². The van der Waals surface area contributed by atoms with Crippen molar-refractivity contribution in [3.05, 3.63) is 66.0 Å². The summed E-state index contributed by atoms with van der Waals surface area (Å²) in [4.78, 5) is 13.0. The van der Waals surface area contributed by atoms with Crippen molar-refractivity contribution in [2.75, 3.05) is 0 Å². The van der Waals surface area contributed by atoms with Gasteiger partial charge in [-0.05, 0) is 50.5 Å². The lowest BCUT2D eigenvalue weighted by atomic mass is 9.83. The number of hydrogen-bond acceptors (Lipinski definition) is 6. The minimum atomic E-state index is -0.760. The number of rotatable bonds is 8. The maximum absolute atomic E-state index is 13.0. The predicted octanol–water partition coefficient (Wildman–Crippen LogP) is 4.98. The van der Waals surface area contributed by atoms with E-state index in [0.29, 0.717) is 23.8 Å². The van der Waals surface area contributed by atoms with Gasteiger partial charge in [-0.3, -0.25) is 9.36 Å². The van der Waals surface area contributed by atoms with Crippen molar-refractivity contribution in [3.63, 3.8) is 0 Å². The Bertz CT molecular complexity index is 1170. The summed E-state index contributed by atoms with van der Waals surface area (Å²) in [6.07, 6.45) is 4.43. The fourth-order valence-corrected chi connectivity index (χ4v) is 5.02. The van der Waals surface area contributed by atoms with Gasteiger partial charge in [-0.2, -0.15) is 5.26 Å². The predicted molar refractivity (Wildman–Crippen MR) is 132 cm³/mol. The number of para-hydroxylation sites is 2. The van der Waals surface area contributed by atoms with Crippen LogP contribution < -0.4 is 10.1 Å². The van der Waals surface area contributed by atoms with E-state index >= 15 is 0 Å². The molecular weight excluding hydrogens is 446 g/mol. The fraction of sp³-hybridized carbons (Fsp3) is 0.385. The SMILES string of the molecule is Cc1ccccc1OCc1nnc(SC(C)C(=O)NC2(C#N)CCCCC2)n1-c1ccccc1. The Balaban J connectivity index is 1.53. The highest BCUT2D eigenvalue weighted by Gasteiger charge is 2.35. The zero-order valence-corrected chi connectivity index (χ0v) is 20.3. The summed E-state index contributed by atoms with van der Waals surface area (Å²) in [6.45, 7) is 4.08. The Kier molecular flexibility index (Phi) is 7.53. The molecule has 0 radical (unpaired) electrons. The fourth-order valence-electron chi connectivity index (χ4n) is 4.14. The first-order chi connectivity index (χ1) is 16.5. The zero-order chi connectivity index (χ0) is 24.0. The van der Waals surface area contributed by atoms with Crippen molar-refractivity contribution in [2.45, 2.75) is 68.5 Å². The number of thioether (sulfide) groups is 1. The summed E-state index contributed by atoms with van der Waals surface area (Å²) in [7, 11) is 0. The van der Waals surface area contributed by atoms with Gasteiger partial charge in [0.05, 0.1) is 11.3 Å². The third-order valence-electron chi connectivity index (χ3n) is 6.10. The van der Waals surface area contributed by atoms with E-state index < -0.39 is 10.8 Å². The first-order valence-electron chi connectivity index (χ1n) is 11.6. The molecule has 1 aliphatic rings. The van der Waals surface area contributed by atoms with Crippen LogP contribution in [-0.2, 0) is 11.4 Å². The second-order valence-corrected chi connectivity index (χ2v) is 9.94. The molecule has 176 valence electrons. The lowest BCUT2D eigenvalue weighted by molar-refractivity contribution is -0.121. The Morgan fingerprint density at radius 1 is 1.15 bits per heavy atom. The molecule has 3 aromatic rings. The summed E-state index contributed by atoms with van der Waals surface area (Å²) < 4.78 is 7.96. The molecule has 4 rings (SSSR count). The highest BCUT2D eigenvalue weighted by Crippen LogP contribution is 2.30. The molecule has 0 bridgehead atoms. The van der Waals surface area contributed by atoms with E-state index in [1.165, 1.54) is 11.8 Å². The first kappa shape index (κ1) is 23.8. The highest BCUT2D eigenvalue weighted by molar-refractivity contribution is 8.00. The molecule has 0 spiro atoms. The molecule has 34 heavy (non-hydrogen) atoms. The van der Waals surface area contributed by atoms with E-state index in [1.54, 1.807) is 0 Å². The number of ether oxygens (including phenoxy) is 1. The summed E-state index contributed by atoms with van der Waals surface area (Å²) in [6, 6.07) is 20.0.